The summed E-state index contributed by atoms with van der Waals surface area (Å²) in [6, 6.07) is 6.40. The molecule has 0 bridgehead atoms. The van der Waals surface area contributed by atoms with E-state index in [1.54, 1.807) is 12.4 Å². The fraction of sp³-hybridized carbons (Fsp3) is 0.389. The zero-order chi connectivity index (χ0) is 16.2. The number of rotatable bonds is 5. The molecule has 2 aromatic heterocycles. The quantitative estimate of drug-likeness (QED) is 0.849. The summed E-state index contributed by atoms with van der Waals surface area (Å²) in [6.07, 6.45) is 7.04. The van der Waals surface area contributed by atoms with E-state index in [1.165, 1.54) is 5.56 Å². The number of hydrogen-bond donors (Lipinski definition) is 0. The van der Waals surface area contributed by atoms with E-state index in [1.807, 2.05) is 42.4 Å². The first-order valence-electron chi connectivity index (χ1n) is 8.02. The Hall–Kier alpha value is -2.27. The molecule has 1 aliphatic rings. The van der Waals surface area contributed by atoms with Gasteiger partial charge in [0.05, 0.1) is 5.56 Å². The molecule has 0 radical (unpaired) electrons. The van der Waals surface area contributed by atoms with Crippen molar-refractivity contribution in [3.8, 4) is 0 Å². The fourth-order valence-corrected chi connectivity index (χ4v) is 2.93. The van der Waals surface area contributed by atoms with Gasteiger partial charge < -0.3 is 4.90 Å². The van der Waals surface area contributed by atoms with Gasteiger partial charge in [0.15, 0.2) is 0 Å². The smallest absolute Gasteiger partial charge is 0.255 e. The van der Waals surface area contributed by atoms with E-state index in [0.717, 1.165) is 31.7 Å². The normalized spacial score (nSPS) is 14.8. The molecule has 2 aromatic rings. The lowest BCUT2D eigenvalue weighted by atomic mass is 10.0. The van der Waals surface area contributed by atoms with E-state index < -0.39 is 0 Å². The molecular formula is C18H22N4O. The molecule has 3 heterocycles. The Kier molecular flexibility index (Phi) is 4.67. The molecule has 1 fully saturated rings. The van der Waals surface area contributed by atoms with Crippen LogP contribution in [0.5, 0.6) is 0 Å². The summed E-state index contributed by atoms with van der Waals surface area (Å²) in [5.41, 5.74) is 2.95. The summed E-state index contributed by atoms with van der Waals surface area (Å²) in [4.78, 5) is 25.0. The van der Waals surface area contributed by atoms with E-state index in [4.69, 9.17) is 0 Å². The molecule has 1 amide bonds. The minimum Gasteiger partial charge on any atom is -0.335 e. The standard InChI is InChI=1S/C18H22N4O/c1-3-21(11-15-5-8-19-9-6-15)16-12-22(13-16)18(23)17-10-20-7-4-14(17)2/h4-10,16H,3,11-13H2,1-2H3. The largest absolute Gasteiger partial charge is 0.335 e. The SMILES string of the molecule is CCN(Cc1ccncc1)C1CN(C(=O)c2cnccc2C)C1. The van der Waals surface area contributed by atoms with E-state index >= 15 is 0 Å². The Morgan fingerprint density at radius 3 is 2.57 bits per heavy atom. The second-order valence-corrected chi connectivity index (χ2v) is 5.97. The summed E-state index contributed by atoms with van der Waals surface area (Å²) < 4.78 is 0. The van der Waals surface area contributed by atoms with Crippen LogP contribution < -0.4 is 0 Å². The third-order valence-electron chi connectivity index (χ3n) is 4.48. The lowest BCUT2D eigenvalue weighted by molar-refractivity contribution is 0.0253. The summed E-state index contributed by atoms with van der Waals surface area (Å²) >= 11 is 0. The van der Waals surface area contributed by atoms with Crippen molar-refractivity contribution in [2.24, 2.45) is 0 Å². The van der Waals surface area contributed by atoms with Crippen LogP contribution in [0.25, 0.3) is 0 Å². The zero-order valence-corrected chi connectivity index (χ0v) is 13.6. The predicted octanol–water partition coefficient (Wildman–Crippen LogP) is 2.13. The average molecular weight is 310 g/mol. The van der Waals surface area contributed by atoms with Gasteiger partial charge in [-0.3, -0.25) is 19.7 Å². The third kappa shape index (κ3) is 3.40. The van der Waals surface area contributed by atoms with Crippen molar-refractivity contribution in [2.45, 2.75) is 26.4 Å². The van der Waals surface area contributed by atoms with E-state index in [0.29, 0.717) is 11.6 Å². The second kappa shape index (κ2) is 6.87. The van der Waals surface area contributed by atoms with Gasteiger partial charge in [-0.05, 0) is 42.8 Å². The molecule has 0 N–H and O–H groups in total. The Bertz CT molecular complexity index is 668. The number of likely N-dealkylation sites (tertiary alicyclic amines) is 1. The van der Waals surface area contributed by atoms with Crippen LogP contribution in [0.4, 0.5) is 0 Å². The van der Waals surface area contributed by atoms with Gasteiger partial charge in [0.1, 0.15) is 0 Å². The Morgan fingerprint density at radius 1 is 1.22 bits per heavy atom. The van der Waals surface area contributed by atoms with E-state index in [9.17, 15) is 4.79 Å². The van der Waals surface area contributed by atoms with Crippen molar-refractivity contribution < 1.29 is 4.79 Å². The van der Waals surface area contributed by atoms with Crippen LogP contribution in [0.15, 0.2) is 43.0 Å². The van der Waals surface area contributed by atoms with Crippen LogP contribution in [0, 0.1) is 6.92 Å². The maximum Gasteiger partial charge on any atom is 0.255 e. The van der Waals surface area contributed by atoms with Crippen molar-refractivity contribution in [1.29, 1.82) is 0 Å². The number of aromatic nitrogens is 2. The summed E-state index contributed by atoms with van der Waals surface area (Å²) in [7, 11) is 0. The highest BCUT2D eigenvalue weighted by atomic mass is 16.2. The van der Waals surface area contributed by atoms with Gasteiger partial charge in [0.2, 0.25) is 0 Å². The van der Waals surface area contributed by atoms with Gasteiger partial charge in [-0.25, -0.2) is 0 Å². The highest BCUT2D eigenvalue weighted by Crippen LogP contribution is 2.20. The van der Waals surface area contributed by atoms with Crippen molar-refractivity contribution >= 4 is 5.91 Å². The van der Waals surface area contributed by atoms with Gasteiger partial charge >= 0.3 is 0 Å². The maximum atomic E-state index is 12.5. The second-order valence-electron chi connectivity index (χ2n) is 5.97. The minimum absolute atomic E-state index is 0.0896. The number of carbonyl (C=O) groups excluding carboxylic acids is 1. The number of carbonyl (C=O) groups is 1. The Labute approximate surface area is 137 Å². The number of aryl methyl sites for hydroxylation is 1. The first-order chi connectivity index (χ1) is 11.2. The molecule has 0 saturated carbocycles. The molecule has 23 heavy (non-hydrogen) atoms. The van der Waals surface area contributed by atoms with Gasteiger partial charge in [0, 0.05) is 50.5 Å². The lowest BCUT2D eigenvalue weighted by Crippen LogP contribution is -2.60. The number of amides is 1. The monoisotopic (exact) mass is 310 g/mol. The third-order valence-corrected chi connectivity index (χ3v) is 4.48. The van der Waals surface area contributed by atoms with Crippen LogP contribution in [-0.4, -0.2) is 51.4 Å². The Morgan fingerprint density at radius 2 is 1.91 bits per heavy atom. The molecule has 0 aromatic carbocycles. The number of pyridine rings is 2. The average Bonchev–Trinajstić information content (AvgIpc) is 2.53. The van der Waals surface area contributed by atoms with Crippen molar-refractivity contribution in [1.82, 2.24) is 19.8 Å². The number of nitrogens with zero attached hydrogens (tertiary/aromatic N) is 4. The molecule has 5 heteroatoms. The molecule has 1 saturated heterocycles. The maximum absolute atomic E-state index is 12.5. The minimum atomic E-state index is 0.0896. The van der Waals surface area contributed by atoms with Gasteiger partial charge in [0.25, 0.3) is 5.91 Å². The first kappa shape index (κ1) is 15.6. The van der Waals surface area contributed by atoms with Crippen molar-refractivity contribution in [3.05, 3.63) is 59.7 Å². The topological polar surface area (TPSA) is 49.3 Å². The van der Waals surface area contributed by atoms with Gasteiger partial charge in [-0.2, -0.15) is 0 Å². The number of hydrogen-bond acceptors (Lipinski definition) is 4. The lowest BCUT2D eigenvalue weighted by Gasteiger charge is -2.45. The molecule has 120 valence electrons. The van der Waals surface area contributed by atoms with Gasteiger partial charge in [-0.15, -0.1) is 0 Å². The molecule has 5 nitrogen and oxygen atoms in total. The van der Waals surface area contributed by atoms with Gasteiger partial charge in [-0.1, -0.05) is 6.92 Å². The van der Waals surface area contributed by atoms with Crippen LogP contribution in [0.2, 0.25) is 0 Å². The fourth-order valence-electron chi connectivity index (χ4n) is 2.93. The van der Waals surface area contributed by atoms with Crippen LogP contribution in [0.1, 0.15) is 28.4 Å². The first-order valence-corrected chi connectivity index (χ1v) is 8.02. The molecule has 0 atom stereocenters. The zero-order valence-electron chi connectivity index (χ0n) is 13.6. The highest BCUT2D eigenvalue weighted by molar-refractivity contribution is 5.95. The molecular weight excluding hydrogens is 288 g/mol. The molecule has 0 spiro atoms. The molecule has 0 unspecified atom stereocenters. The van der Waals surface area contributed by atoms with Crippen molar-refractivity contribution in [3.63, 3.8) is 0 Å². The summed E-state index contributed by atoms with van der Waals surface area (Å²) in [5.74, 6) is 0.0896. The highest BCUT2D eigenvalue weighted by Gasteiger charge is 2.35. The van der Waals surface area contributed by atoms with Crippen LogP contribution in [0.3, 0.4) is 0 Å². The molecule has 0 aliphatic carbocycles. The summed E-state index contributed by atoms with van der Waals surface area (Å²) in [6.45, 7) is 7.56. The number of likely N-dealkylation sites (N-methyl/N-ethyl adjacent to an activating group) is 1. The van der Waals surface area contributed by atoms with E-state index in [2.05, 4.69) is 21.8 Å². The Balaban J connectivity index is 1.59. The summed E-state index contributed by atoms with van der Waals surface area (Å²) in [5, 5.41) is 0. The van der Waals surface area contributed by atoms with Crippen molar-refractivity contribution in [2.75, 3.05) is 19.6 Å². The predicted molar refractivity (Wildman–Crippen MR) is 89.0 cm³/mol. The molecule has 3 rings (SSSR count). The van der Waals surface area contributed by atoms with Crippen LogP contribution >= 0.6 is 0 Å². The van der Waals surface area contributed by atoms with Crippen LogP contribution in [-0.2, 0) is 6.54 Å². The van der Waals surface area contributed by atoms with E-state index in [-0.39, 0.29) is 5.91 Å². The molecule has 1 aliphatic heterocycles.